The molecule has 1 aliphatic heterocycles. The van der Waals surface area contributed by atoms with E-state index in [2.05, 4.69) is 25.4 Å². The number of amides is 1. The maximum absolute atomic E-state index is 15.2. The van der Waals surface area contributed by atoms with Crippen molar-refractivity contribution in [3.8, 4) is 0 Å². The third kappa shape index (κ3) is 4.77. The lowest BCUT2D eigenvalue weighted by Gasteiger charge is -2.31. The average Bonchev–Trinajstić information content (AvgIpc) is 3.51. The van der Waals surface area contributed by atoms with Crippen LogP contribution in [-0.4, -0.2) is 62.7 Å². The van der Waals surface area contributed by atoms with Crippen molar-refractivity contribution in [1.29, 1.82) is 0 Å². The molecule has 1 fully saturated rings. The van der Waals surface area contributed by atoms with Gasteiger partial charge in [0.1, 0.15) is 23.6 Å². The second-order valence-corrected chi connectivity index (χ2v) is 10.7. The summed E-state index contributed by atoms with van der Waals surface area (Å²) in [6, 6.07) is 4.58. The van der Waals surface area contributed by atoms with Gasteiger partial charge in [-0.3, -0.25) is 4.79 Å². The number of rotatable bonds is 5. The summed E-state index contributed by atoms with van der Waals surface area (Å²) in [5.74, 6) is -0.665. The highest BCUT2D eigenvalue weighted by molar-refractivity contribution is 5.95. The number of piperidine rings is 1. The molecule has 1 N–H and O–H groups in total. The van der Waals surface area contributed by atoms with Crippen LogP contribution in [-0.2, 0) is 5.41 Å². The number of fused-ring (bicyclic) bond motifs is 1. The molecule has 200 valence electrons. The van der Waals surface area contributed by atoms with Crippen molar-refractivity contribution in [2.45, 2.75) is 45.1 Å². The first-order chi connectivity index (χ1) is 18.0. The first kappa shape index (κ1) is 25.6. The molecule has 0 aliphatic carbocycles. The zero-order valence-corrected chi connectivity index (χ0v) is 22.0. The van der Waals surface area contributed by atoms with Gasteiger partial charge in [-0.15, -0.1) is 0 Å². The number of hydrogen-bond donors (Lipinski definition) is 1. The number of anilines is 3. The number of carbonyl (C=O) groups excluding carboxylic acids is 1. The molecule has 1 aliphatic rings. The quantitative estimate of drug-likeness (QED) is 0.401. The average molecular weight is 525 g/mol. The number of nitrogens with zero attached hydrogens (tertiary/aromatic N) is 7. The van der Waals surface area contributed by atoms with Gasteiger partial charge >= 0.3 is 6.01 Å². The van der Waals surface area contributed by atoms with Crippen LogP contribution in [0.5, 0.6) is 0 Å². The van der Waals surface area contributed by atoms with Gasteiger partial charge in [-0.2, -0.15) is 4.98 Å². The molecule has 10 nitrogen and oxygen atoms in total. The molecule has 0 atom stereocenters. The van der Waals surface area contributed by atoms with Gasteiger partial charge < -0.3 is 24.2 Å². The van der Waals surface area contributed by atoms with Crippen LogP contribution in [0.4, 0.5) is 26.3 Å². The molecule has 4 heterocycles. The summed E-state index contributed by atoms with van der Waals surface area (Å²) in [5.41, 5.74) is 0.507. The molecule has 0 unspecified atom stereocenters. The Morgan fingerprint density at radius 2 is 1.87 bits per heavy atom. The molecule has 0 saturated carbocycles. The number of benzene rings is 1. The van der Waals surface area contributed by atoms with Crippen molar-refractivity contribution < 1.29 is 18.1 Å². The Kier molecular flexibility index (Phi) is 6.49. The van der Waals surface area contributed by atoms with Crippen molar-refractivity contribution in [3.05, 3.63) is 53.7 Å². The number of carbonyl (C=O) groups is 1. The van der Waals surface area contributed by atoms with E-state index >= 15 is 4.39 Å². The molecule has 1 amide bonds. The van der Waals surface area contributed by atoms with E-state index in [4.69, 9.17) is 4.52 Å². The monoisotopic (exact) mass is 524 g/mol. The van der Waals surface area contributed by atoms with Crippen LogP contribution in [0.3, 0.4) is 0 Å². The summed E-state index contributed by atoms with van der Waals surface area (Å²) >= 11 is 0. The Balaban J connectivity index is 1.35. The fourth-order valence-electron chi connectivity index (χ4n) is 4.53. The minimum absolute atomic E-state index is 0.000858. The fraction of sp³-hybridized carbons (Fsp3) is 0.423. The van der Waals surface area contributed by atoms with Crippen LogP contribution in [0.1, 0.15) is 55.8 Å². The highest BCUT2D eigenvalue weighted by atomic mass is 19.1. The SMILES string of the molecule is CN(C)C(=O)c1ccc(Nc2ncnc3c2c(F)cn3C2CCN(c3nc(C(C)(C)C)no3)CC2)c(F)c1. The van der Waals surface area contributed by atoms with E-state index in [1.807, 2.05) is 30.2 Å². The summed E-state index contributed by atoms with van der Waals surface area (Å²) in [6.07, 6.45) is 4.19. The molecule has 5 rings (SSSR count). The molecule has 0 radical (unpaired) electrons. The predicted octanol–water partition coefficient (Wildman–Crippen LogP) is 4.68. The van der Waals surface area contributed by atoms with Gasteiger partial charge in [0.25, 0.3) is 5.91 Å². The summed E-state index contributed by atoms with van der Waals surface area (Å²) in [6.45, 7) is 7.41. The molecule has 3 aromatic heterocycles. The largest absolute Gasteiger partial charge is 0.345 e. The topological polar surface area (TPSA) is 105 Å². The van der Waals surface area contributed by atoms with Gasteiger partial charge in [0.15, 0.2) is 11.6 Å². The summed E-state index contributed by atoms with van der Waals surface area (Å²) in [7, 11) is 3.18. The van der Waals surface area contributed by atoms with E-state index < -0.39 is 11.6 Å². The third-order valence-corrected chi connectivity index (χ3v) is 6.65. The standard InChI is InChI=1S/C26H30F2N8O2/c1-26(2,3)24-32-25(38-33-24)35-10-8-16(9-11-35)36-13-18(28)20-21(29-14-30-22(20)36)31-19-7-6-15(12-17(19)27)23(37)34(4)5/h6-7,12-14,16H,8-11H2,1-5H3,(H,29,30,31). The lowest BCUT2D eigenvalue weighted by molar-refractivity contribution is 0.0827. The second kappa shape index (κ2) is 9.66. The minimum Gasteiger partial charge on any atom is -0.345 e. The van der Waals surface area contributed by atoms with Gasteiger partial charge in [0.2, 0.25) is 0 Å². The summed E-state index contributed by atoms with van der Waals surface area (Å²) < 4.78 is 37.3. The number of aromatic nitrogens is 5. The Morgan fingerprint density at radius 1 is 1.13 bits per heavy atom. The maximum atomic E-state index is 15.2. The van der Waals surface area contributed by atoms with E-state index in [1.165, 1.54) is 29.6 Å². The molecule has 4 aromatic rings. The normalized spacial score (nSPS) is 14.8. The molecule has 1 aromatic carbocycles. The number of nitrogens with one attached hydrogen (secondary N) is 1. The zero-order valence-electron chi connectivity index (χ0n) is 22.0. The predicted molar refractivity (Wildman–Crippen MR) is 139 cm³/mol. The van der Waals surface area contributed by atoms with Crippen LogP contribution < -0.4 is 10.2 Å². The van der Waals surface area contributed by atoms with Crippen LogP contribution in [0.25, 0.3) is 11.0 Å². The molecular weight excluding hydrogens is 494 g/mol. The molecule has 1 saturated heterocycles. The first-order valence-corrected chi connectivity index (χ1v) is 12.4. The van der Waals surface area contributed by atoms with E-state index in [0.717, 1.165) is 18.9 Å². The van der Waals surface area contributed by atoms with Gasteiger partial charge in [0.05, 0.1) is 11.1 Å². The van der Waals surface area contributed by atoms with E-state index in [1.54, 1.807) is 14.1 Å². The van der Waals surface area contributed by atoms with Crippen LogP contribution in [0, 0.1) is 11.6 Å². The Morgan fingerprint density at radius 3 is 2.50 bits per heavy atom. The first-order valence-electron chi connectivity index (χ1n) is 12.4. The van der Waals surface area contributed by atoms with Crippen LogP contribution in [0.2, 0.25) is 0 Å². The lowest BCUT2D eigenvalue weighted by Crippen LogP contribution is -2.34. The number of hydrogen-bond acceptors (Lipinski definition) is 8. The summed E-state index contributed by atoms with van der Waals surface area (Å²) in [4.78, 5) is 28.6. The molecular formula is C26H30F2N8O2. The fourth-order valence-corrected chi connectivity index (χ4v) is 4.53. The Bertz CT molecular complexity index is 1480. The van der Waals surface area contributed by atoms with E-state index in [0.29, 0.717) is 30.6 Å². The van der Waals surface area contributed by atoms with Gasteiger partial charge in [-0.1, -0.05) is 25.9 Å². The van der Waals surface area contributed by atoms with Crippen molar-refractivity contribution in [1.82, 2.24) is 29.6 Å². The van der Waals surface area contributed by atoms with E-state index in [9.17, 15) is 9.18 Å². The third-order valence-electron chi connectivity index (χ3n) is 6.65. The smallest absolute Gasteiger partial charge is 0.324 e. The highest BCUT2D eigenvalue weighted by Crippen LogP contribution is 2.34. The molecule has 0 bridgehead atoms. The highest BCUT2D eigenvalue weighted by Gasteiger charge is 2.29. The van der Waals surface area contributed by atoms with Gasteiger partial charge in [-0.25, -0.2) is 18.7 Å². The van der Waals surface area contributed by atoms with Crippen molar-refractivity contribution in [3.63, 3.8) is 0 Å². The zero-order chi connectivity index (χ0) is 27.2. The second-order valence-electron chi connectivity index (χ2n) is 10.7. The van der Waals surface area contributed by atoms with E-state index in [-0.39, 0.29) is 39.8 Å². The number of halogens is 2. The van der Waals surface area contributed by atoms with Crippen LogP contribution >= 0.6 is 0 Å². The van der Waals surface area contributed by atoms with Crippen molar-refractivity contribution >= 4 is 34.5 Å². The maximum Gasteiger partial charge on any atom is 0.324 e. The molecule has 12 heteroatoms. The molecule has 38 heavy (non-hydrogen) atoms. The van der Waals surface area contributed by atoms with Crippen molar-refractivity contribution in [2.75, 3.05) is 37.4 Å². The van der Waals surface area contributed by atoms with Gasteiger partial charge in [-0.05, 0) is 31.0 Å². The Hall–Kier alpha value is -4.09. The van der Waals surface area contributed by atoms with Crippen LogP contribution in [0.15, 0.2) is 35.2 Å². The van der Waals surface area contributed by atoms with Gasteiger partial charge in [0, 0.05) is 50.4 Å². The summed E-state index contributed by atoms with van der Waals surface area (Å²) in [5, 5.41) is 7.15. The lowest BCUT2D eigenvalue weighted by atomic mass is 9.96. The minimum atomic E-state index is -0.646. The molecule has 0 spiro atoms. The Labute approximate surface area is 218 Å². The van der Waals surface area contributed by atoms with Crippen molar-refractivity contribution in [2.24, 2.45) is 0 Å².